The number of benzene rings is 1. The number of amides is 2. The van der Waals surface area contributed by atoms with Gasteiger partial charge in [0, 0.05) is 6.54 Å². The highest BCUT2D eigenvalue weighted by molar-refractivity contribution is 5.77. The SMILES string of the molecule is Cc1cc(C)c(C2CN(CC#N)C(=O)N2)c(C)c1. The Labute approximate surface area is 107 Å². The number of nitrogens with one attached hydrogen (secondary N) is 1. The highest BCUT2D eigenvalue weighted by Gasteiger charge is 2.31. The van der Waals surface area contributed by atoms with Crippen molar-refractivity contribution in [3.63, 3.8) is 0 Å². The van der Waals surface area contributed by atoms with E-state index in [0.717, 1.165) is 0 Å². The molecule has 1 heterocycles. The first-order valence-corrected chi connectivity index (χ1v) is 6.03. The highest BCUT2D eigenvalue weighted by Crippen LogP contribution is 2.27. The van der Waals surface area contributed by atoms with E-state index in [0.29, 0.717) is 6.54 Å². The van der Waals surface area contributed by atoms with Crippen molar-refractivity contribution in [1.82, 2.24) is 10.2 Å². The first-order chi connectivity index (χ1) is 8.52. The first-order valence-electron chi connectivity index (χ1n) is 6.03. The maximum Gasteiger partial charge on any atom is 0.318 e. The lowest BCUT2D eigenvalue weighted by Gasteiger charge is -2.17. The smallest absolute Gasteiger partial charge is 0.318 e. The number of carbonyl (C=O) groups is 1. The predicted octanol–water partition coefficient (Wildman–Crippen LogP) is 2.20. The van der Waals surface area contributed by atoms with Crippen LogP contribution in [-0.2, 0) is 0 Å². The van der Waals surface area contributed by atoms with Crippen molar-refractivity contribution in [3.05, 3.63) is 34.4 Å². The number of nitriles is 1. The van der Waals surface area contributed by atoms with Gasteiger partial charge in [0.1, 0.15) is 6.54 Å². The van der Waals surface area contributed by atoms with Gasteiger partial charge in [0.25, 0.3) is 0 Å². The van der Waals surface area contributed by atoms with Crippen molar-refractivity contribution in [2.45, 2.75) is 26.8 Å². The Morgan fingerprint density at radius 2 is 2.00 bits per heavy atom. The van der Waals surface area contributed by atoms with E-state index in [4.69, 9.17) is 5.26 Å². The molecule has 2 amide bonds. The summed E-state index contributed by atoms with van der Waals surface area (Å²) in [7, 11) is 0. The second-order valence-corrected chi connectivity index (χ2v) is 4.85. The second kappa shape index (κ2) is 4.69. The van der Waals surface area contributed by atoms with Gasteiger partial charge in [0.05, 0.1) is 12.1 Å². The summed E-state index contributed by atoms with van der Waals surface area (Å²) in [4.78, 5) is 13.2. The lowest BCUT2D eigenvalue weighted by molar-refractivity contribution is 0.222. The summed E-state index contributed by atoms with van der Waals surface area (Å²) in [6.07, 6.45) is 0. The molecule has 4 nitrogen and oxygen atoms in total. The van der Waals surface area contributed by atoms with Gasteiger partial charge in [0.2, 0.25) is 0 Å². The fourth-order valence-corrected chi connectivity index (χ4v) is 2.72. The highest BCUT2D eigenvalue weighted by atomic mass is 16.2. The van der Waals surface area contributed by atoms with Crippen LogP contribution >= 0.6 is 0 Å². The minimum Gasteiger partial charge on any atom is -0.329 e. The van der Waals surface area contributed by atoms with E-state index in [1.807, 2.05) is 6.07 Å². The van der Waals surface area contributed by atoms with Gasteiger partial charge in [-0.1, -0.05) is 17.7 Å². The monoisotopic (exact) mass is 243 g/mol. The van der Waals surface area contributed by atoms with Gasteiger partial charge >= 0.3 is 6.03 Å². The molecule has 0 spiro atoms. The van der Waals surface area contributed by atoms with Crippen molar-refractivity contribution < 1.29 is 4.79 Å². The van der Waals surface area contributed by atoms with Crippen LogP contribution < -0.4 is 5.32 Å². The summed E-state index contributed by atoms with van der Waals surface area (Å²) in [5.74, 6) is 0. The zero-order valence-electron chi connectivity index (χ0n) is 10.9. The van der Waals surface area contributed by atoms with Crippen molar-refractivity contribution in [1.29, 1.82) is 5.26 Å². The van der Waals surface area contributed by atoms with E-state index in [1.165, 1.54) is 22.3 Å². The average Bonchev–Trinajstić information content (AvgIpc) is 2.59. The maximum absolute atomic E-state index is 11.7. The summed E-state index contributed by atoms with van der Waals surface area (Å²) in [5, 5.41) is 11.6. The van der Waals surface area contributed by atoms with Crippen LogP contribution in [0.1, 0.15) is 28.3 Å². The van der Waals surface area contributed by atoms with Crippen LogP contribution in [0.15, 0.2) is 12.1 Å². The predicted molar refractivity (Wildman–Crippen MR) is 69.1 cm³/mol. The summed E-state index contributed by atoms with van der Waals surface area (Å²) < 4.78 is 0. The minimum absolute atomic E-state index is 0.00792. The Bertz CT molecular complexity index is 507. The van der Waals surface area contributed by atoms with Crippen molar-refractivity contribution >= 4 is 6.03 Å². The van der Waals surface area contributed by atoms with Crippen molar-refractivity contribution in [2.75, 3.05) is 13.1 Å². The summed E-state index contributed by atoms with van der Waals surface area (Å²) >= 11 is 0. The standard InChI is InChI=1S/C14H17N3O/c1-9-6-10(2)13(11(3)7-9)12-8-17(5-4-15)14(18)16-12/h6-7,12H,5,8H2,1-3H3,(H,16,18). The van der Waals surface area contributed by atoms with Gasteiger partial charge in [0.15, 0.2) is 0 Å². The van der Waals surface area contributed by atoms with Gasteiger partial charge in [-0.25, -0.2) is 4.79 Å². The summed E-state index contributed by atoms with van der Waals surface area (Å²) in [6, 6.07) is 6.11. The van der Waals surface area contributed by atoms with Crippen molar-refractivity contribution in [2.24, 2.45) is 0 Å². The lowest BCUT2D eigenvalue weighted by Crippen LogP contribution is -2.28. The molecule has 1 fully saturated rings. The topological polar surface area (TPSA) is 56.1 Å². The zero-order chi connectivity index (χ0) is 13.3. The van der Waals surface area contributed by atoms with E-state index in [2.05, 4.69) is 38.2 Å². The quantitative estimate of drug-likeness (QED) is 0.809. The molecule has 1 aliphatic heterocycles. The maximum atomic E-state index is 11.7. The van der Waals surface area contributed by atoms with Crippen LogP contribution in [0.2, 0.25) is 0 Å². The number of aryl methyl sites for hydroxylation is 3. The van der Waals surface area contributed by atoms with Crippen LogP contribution in [-0.4, -0.2) is 24.0 Å². The molecule has 4 heteroatoms. The molecule has 1 aromatic carbocycles. The number of hydrogen-bond acceptors (Lipinski definition) is 2. The van der Waals surface area contributed by atoms with E-state index in [1.54, 1.807) is 4.90 Å². The molecule has 1 aliphatic rings. The van der Waals surface area contributed by atoms with E-state index in [-0.39, 0.29) is 18.6 Å². The van der Waals surface area contributed by atoms with Crippen LogP contribution in [0.25, 0.3) is 0 Å². The zero-order valence-corrected chi connectivity index (χ0v) is 10.9. The number of urea groups is 1. The fraction of sp³-hybridized carbons (Fsp3) is 0.429. The molecule has 94 valence electrons. The Hall–Kier alpha value is -2.02. The molecule has 0 aliphatic carbocycles. The molecule has 0 aromatic heterocycles. The lowest BCUT2D eigenvalue weighted by atomic mass is 9.94. The normalized spacial score (nSPS) is 18.7. The minimum atomic E-state index is -0.152. The Kier molecular flexibility index (Phi) is 3.24. The van der Waals surface area contributed by atoms with Gasteiger partial charge in [-0.2, -0.15) is 5.26 Å². The molecule has 1 N–H and O–H groups in total. The van der Waals surface area contributed by atoms with Crippen LogP contribution in [0.3, 0.4) is 0 Å². The summed E-state index contributed by atoms with van der Waals surface area (Å²) in [6.45, 7) is 6.91. The molecule has 0 bridgehead atoms. The van der Waals surface area contributed by atoms with Crippen LogP contribution in [0, 0.1) is 32.1 Å². The Morgan fingerprint density at radius 1 is 1.39 bits per heavy atom. The van der Waals surface area contributed by atoms with E-state index in [9.17, 15) is 4.79 Å². The van der Waals surface area contributed by atoms with E-state index >= 15 is 0 Å². The Balaban J connectivity index is 2.30. The number of rotatable bonds is 2. The molecule has 0 radical (unpaired) electrons. The van der Waals surface area contributed by atoms with Crippen molar-refractivity contribution in [3.8, 4) is 6.07 Å². The molecule has 18 heavy (non-hydrogen) atoms. The number of carbonyl (C=O) groups excluding carboxylic acids is 1. The first kappa shape index (κ1) is 12.4. The van der Waals surface area contributed by atoms with Gasteiger partial charge < -0.3 is 10.2 Å². The van der Waals surface area contributed by atoms with Gasteiger partial charge in [-0.3, -0.25) is 0 Å². The second-order valence-electron chi connectivity index (χ2n) is 4.85. The fourth-order valence-electron chi connectivity index (χ4n) is 2.72. The molecule has 2 rings (SSSR count). The average molecular weight is 243 g/mol. The molecule has 0 saturated carbocycles. The van der Waals surface area contributed by atoms with E-state index < -0.39 is 0 Å². The largest absolute Gasteiger partial charge is 0.329 e. The van der Waals surface area contributed by atoms with Gasteiger partial charge in [-0.15, -0.1) is 0 Å². The molecule has 1 saturated heterocycles. The molecule has 1 atom stereocenters. The third-order valence-corrected chi connectivity index (χ3v) is 3.34. The van der Waals surface area contributed by atoms with Crippen LogP contribution in [0.5, 0.6) is 0 Å². The van der Waals surface area contributed by atoms with Gasteiger partial charge in [-0.05, 0) is 37.5 Å². The van der Waals surface area contributed by atoms with Crippen LogP contribution in [0.4, 0.5) is 4.79 Å². The molecular formula is C14H17N3O. The number of nitrogens with zero attached hydrogens (tertiary/aromatic N) is 2. The molecule has 1 unspecified atom stereocenters. The molecular weight excluding hydrogens is 226 g/mol. The molecule has 1 aromatic rings. The third kappa shape index (κ3) is 2.17. The summed E-state index contributed by atoms with van der Waals surface area (Å²) in [5.41, 5.74) is 4.79. The third-order valence-electron chi connectivity index (χ3n) is 3.34. The number of hydrogen-bond donors (Lipinski definition) is 1. The Morgan fingerprint density at radius 3 is 2.56 bits per heavy atom.